The molecule has 2 heterocycles. The van der Waals surface area contributed by atoms with Crippen LogP contribution in [-0.4, -0.2) is 27.1 Å². The summed E-state index contributed by atoms with van der Waals surface area (Å²) in [7, 11) is 0. The molecule has 1 aliphatic rings. The van der Waals surface area contributed by atoms with Gasteiger partial charge < -0.3 is 0 Å². The van der Waals surface area contributed by atoms with Gasteiger partial charge in [-0.3, -0.25) is 9.67 Å². The zero-order valence-corrected chi connectivity index (χ0v) is 12.3. The van der Waals surface area contributed by atoms with Crippen LogP contribution in [0.3, 0.4) is 0 Å². The van der Waals surface area contributed by atoms with E-state index in [0.29, 0.717) is 17.3 Å². The molecule has 1 aliphatic heterocycles. The first-order valence-corrected chi connectivity index (χ1v) is 5.91. The summed E-state index contributed by atoms with van der Waals surface area (Å²) < 4.78 is 38.8. The fourth-order valence-electron chi connectivity index (χ4n) is 1.58. The van der Waals surface area contributed by atoms with Crippen LogP contribution < -0.4 is 0 Å². The molecule has 2 rings (SSSR count). The summed E-state index contributed by atoms with van der Waals surface area (Å²) in [5.41, 5.74) is -0.392. The first kappa shape index (κ1) is 14.8. The second-order valence-corrected chi connectivity index (χ2v) is 4.38. The Morgan fingerprint density at radius 1 is 1.47 bits per heavy atom. The molecule has 1 aromatic rings. The van der Waals surface area contributed by atoms with Crippen LogP contribution in [0.1, 0.15) is 18.3 Å². The van der Waals surface area contributed by atoms with Crippen molar-refractivity contribution in [2.45, 2.75) is 25.7 Å². The van der Waals surface area contributed by atoms with Crippen LogP contribution in [0.4, 0.5) is 13.2 Å². The Morgan fingerprint density at radius 3 is 2.65 bits per heavy atom. The van der Waals surface area contributed by atoms with Gasteiger partial charge in [0.2, 0.25) is 0 Å². The molecule has 0 N–H and O–H groups in total. The van der Waals surface area contributed by atoms with Crippen LogP contribution in [-0.2, 0) is 12.7 Å². The molecule has 8 heteroatoms. The third kappa shape index (κ3) is 2.95. The van der Waals surface area contributed by atoms with Crippen LogP contribution in [0.2, 0.25) is 0 Å². The lowest BCUT2D eigenvalue weighted by Gasteiger charge is -2.17. The highest BCUT2D eigenvalue weighted by Gasteiger charge is 2.36. The summed E-state index contributed by atoms with van der Waals surface area (Å²) in [6.07, 6.45) is -2.60. The molecule has 0 saturated heterocycles. The highest BCUT2D eigenvalue weighted by molar-refractivity contribution is 14.0. The molecule has 0 aromatic carbocycles. The van der Waals surface area contributed by atoms with Crippen molar-refractivity contribution in [2.24, 2.45) is 4.99 Å². The van der Waals surface area contributed by atoms with Crippen LogP contribution in [0.25, 0.3) is 0 Å². The van der Waals surface area contributed by atoms with Crippen molar-refractivity contribution in [3.63, 3.8) is 0 Å². The van der Waals surface area contributed by atoms with Crippen molar-refractivity contribution >= 4 is 40.8 Å². The summed E-state index contributed by atoms with van der Waals surface area (Å²) in [6.45, 7) is 2.25. The van der Waals surface area contributed by atoms with Gasteiger partial charge in [0.25, 0.3) is 0 Å². The van der Waals surface area contributed by atoms with Gasteiger partial charge in [0, 0.05) is 0 Å². The molecule has 1 aromatic heterocycles. The molecule has 17 heavy (non-hydrogen) atoms. The van der Waals surface area contributed by atoms with Crippen molar-refractivity contribution in [1.29, 1.82) is 0 Å². The van der Waals surface area contributed by atoms with E-state index in [0.717, 1.165) is 6.07 Å². The molecule has 1 atom stereocenters. The normalized spacial score (nSPS) is 19.4. The predicted octanol–water partition coefficient (Wildman–Crippen LogP) is 3.03. The molecule has 0 radical (unpaired) electrons. The lowest BCUT2D eigenvalue weighted by molar-refractivity contribution is -0.141. The smallest absolute Gasteiger partial charge is 0.271 e. The molecule has 96 valence electrons. The third-order valence-corrected chi connectivity index (χ3v) is 2.96. The zero-order valence-electron chi connectivity index (χ0n) is 9.15. The maximum Gasteiger partial charge on any atom is 0.435 e. The molecule has 0 bridgehead atoms. The van der Waals surface area contributed by atoms with Gasteiger partial charge in [-0.2, -0.15) is 18.3 Å². The van der Waals surface area contributed by atoms with E-state index in [4.69, 9.17) is 0 Å². The third-order valence-electron chi connectivity index (χ3n) is 2.26. The minimum Gasteiger partial charge on any atom is -0.271 e. The van der Waals surface area contributed by atoms with Gasteiger partial charge in [-0.05, 0) is 19.2 Å². The Balaban J connectivity index is 0.00000144. The lowest BCUT2D eigenvalue weighted by atomic mass is 10.3. The maximum absolute atomic E-state index is 12.5. The molecule has 0 unspecified atom stereocenters. The fourth-order valence-corrected chi connectivity index (χ4v) is 2.24. The van der Waals surface area contributed by atoms with Crippen LogP contribution in [0.5, 0.6) is 0 Å². The predicted molar refractivity (Wildman–Crippen MR) is 72.2 cm³/mol. The van der Waals surface area contributed by atoms with Crippen molar-refractivity contribution in [2.75, 3.05) is 6.26 Å². The summed E-state index contributed by atoms with van der Waals surface area (Å²) in [5, 5.41) is 4.18. The molecule has 3 nitrogen and oxygen atoms in total. The van der Waals surface area contributed by atoms with Gasteiger partial charge in [0.1, 0.15) is 5.04 Å². The Bertz CT molecular complexity index is 441. The van der Waals surface area contributed by atoms with Crippen molar-refractivity contribution in [3.05, 3.63) is 17.5 Å². The van der Waals surface area contributed by atoms with Gasteiger partial charge in [0.15, 0.2) is 5.69 Å². The first-order valence-electron chi connectivity index (χ1n) is 4.69. The van der Waals surface area contributed by atoms with Gasteiger partial charge in [-0.25, -0.2) is 0 Å². The first-order chi connectivity index (χ1) is 7.41. The number of rotatable bonds is 0. The van der Waals surface area contributed by atoms with E-state index in [9.17, 15) is 13.2 Å². The number of aromatic nitrogens is 2. The highest BCUT2D eigenvalue weighted by atomic mass is 127. The van der Waals surface area contributed by atoms with Crippen molar-refractivity contribution in [3.8, 4) is 0 Å². The Morgan fingerprint density at radius 2 is 2.12 bits per heavy atom. The number of nitrogens with zero attached hydrogens (tertiary/aromatic N) is 3. The molecular formula is C9H11F3IN3S. The monoisotopic (exact) mass is 377 g/mol. The summed E-state index contributed by atoms with van der Waals surface area (Å²) in [4.78, 5) is 4.29. The average molecular weight is 377 g/mol. The van der Waals surface area contributed by atoms with Crippen molar-refractivity contribution < 1.29 is 13.2 Å². The second-order valence-electron chi connectivity index (χ2n) is 3.58. The lowest BCUT2D eigenvalue weighted by Crippen LogP contribution is -2.23. The largest absolute Gasteiger partial charge is 0.435 e. The van der Waals surface area contributed by atoms with E-state index in [-0.39, 0.29) is 30.0 Å². The van der Waals surface area contributed by atoms with E-state index >= 15 is 0 Å². The summed E-state index contributed by atoms with van der Waals surface area (Å²) >= 11 is 1.34. The molecule has 0 aliphatic carbocycles. The topological polar surface area (TPSA) is 30.2 Å². The Kier molecular flexibility index (Phi) is 4.50. The average Bonchev–Trinajstić information content (AvgIpc) is 2.59. The number of thioether (sulfide) groups is 1. The Labute approximate surface area is 118 Å². The van der Waals surface area contributed by atoms with Crippen LogP contribution >= 0.6 is 35.7 Å². The summed E-state index contributed by atoms with van der Waals surface area (Å²) in [5.74, 6) is 0. The number of hydrogen-bond donors (Lipinski definition) is 0. The van der Waals surface area contributed by atoms with E-state index in [1.54, 1.807) is 6.26 Å². The second kappa shape index (κ2) is 5.17. The van der Waals surface area contributed by atoms with E-state index < -0.39 is 11.9 Å². The molecule has 0 saturated carbocycles. The standard InChI is InChI=1S/C9H10F3N3S.HI/c1-5-4-15-6(8(13-5)16-2)3-7(14-15)9(10,11)12;/h3,5H,4H2,1-2H3;1H/t5-;/m0./s1. The Hall–Kier alpha value is -0.250. The van der Waals surface area contributed by atoms with E-state index in [1.807, 2.05) is 6.92 Å². The van der Waals surface area contributed by atoms with Gasteiger partial charge in [-0.15, -0.1) is 35.7 Å². The quantitative estimate of drug-likeness (QED) is 0.651. The number of hydrogen-bond acceptors (Lipinski definition) is 3. The van der Waals surface area contributed by atoms with Gasteiger partial charge >= 0.3 is 6.18 Å². The number of fused-ring (bicyclic) bond motifs is 1. The van der Waals surface area contributed by atoms with E-state index in [1.165, 1.54) is 16.4 Å². The molecule has 0 spiro atoms. The molecular weight excluding hydrogens is 366 g/mol. The van der Waals surface area contributed by atoms with Crippen LogP contribution in [0, 0.1) is 0 Å². The van der Waals surface area contributed by atoms with Crippen molar-refractivity contribution in [1.82, 2.24) is 9.78 Å². The zero-order chi connectivity index (χ0) is 11.9. The summed E-state index contributed by atoms with van der Waals surface area (Å²) in [6, 6.07) is 1.03. The van der Waals surface area contributed by atoms with Crippen LogP contribution in [0.15, 0.2) is 11.1 Å². The molecule has 0 amide bonds. The number of aliphatic imine (C=N–C) groups is 1. The number of halogens is 4. The minimum absolute atomic E-state index is 0. The highest BCUT2D eigenvalue weighted by Crippen LogP contribution is 2.30. The van der Waals surface area contributed by atoms with Gasteiger partial charge in [-0.1, -0.05) is 0 Å². The fraction of sp³-hybridized carbons (Fsp3) is 0.556. The number of alkyl halides is 3. The van der Waals surface area contributed by atoms with E-state index in [2.05, 4.69) is 10.1 Å². The maximum atomic E-state index is 12.5. The van der Waals surface area contributed by atoms with Gasteiger partial charge in [0.05, 0.1) is 18.3 Å². The minimum atomic E-state index is -4.39. The SMILES string of the molecule is CSC1=N[C@@H](C)Cn2nc(C(F)(F)F)cc21.I. The molecule has 0 fully saturated rings.